The Morgan fingerprint density at radius 3 is 1.87 bits per heavy atom. The highest BCUT2D eigenvalue weighted by molar-refractivity contribution is 7.86. The molecule has 31 heavy (non-hydrogen) atoms. The SMILES string of the molecule is Cc1ccc(S(=O)(=O)OCC[C@@H](O)CN(Cc2ccccc2)Cc2ccccc2)cc1. The van der Waals surface area contributed by atoms with Gasteiger partial charge >= 0.3 is 0 Å². The van der Waals surface area contributed by atoms with Crippen LogP contribution in [0.4, 0.5) is 0 Å². The first kappa shape index (κ1) is 23.2. The highest BCUT2D eigenvalue weighted by atomic mass is 32.2. The third-order valence-electron chi connectivity index (χ3n) is 4.97. The van der Waals surface area contributed by atoms with E-state index in [1.165, 1.54) is 12.1 Å². The van der Waals surface area contributed by atoms with Crippen molar-refractivity contribution in [3.05, 3.63) is 102 Å². The Labute approximate surface area is 185 Å². The molecule has 0 amide bonds. The normalized spacial score (nSPS) is 12.7. The number of aryl methyl sites for hydroxylation is 1. The summed E-state index contributed by atoms with van der Waals surface area (Å²) in [4.78, 5) is 2.28. The van der Waals surface area contributed by atoms with Crippen LogP contribution in [-0.4, -0.2) is 37.7 Å². The van der Waals surface area contributed by atoms with E-state index in [0.29, 0.717) is 19.6 Å². The Morgan fingerprint density at radius 1 is 0.839 bits per heavy atom. The molecular formula is C25H29NO4S. The van der Waals surface area contributed by atoms with Gasteiger partial charge in [0.25, 0.3) is 10.1 Å². The molecule has 1 atom stereocenters. The molecule has 3 aromatic rings. The van der Waals surface area contributed by atoms with Gasteiger partial charge in [-0.15, -0.1) is 0 Å². The summed E-state index contributed by atoms with van der Waals surface area (Å²) in [5.74, 6) is 0. The van der Waals surface area contributed by atoms with Crippen molar-refractivity contribution in [2.75, 3.05) is 13.2 Å². The molecule has 0 fully saturated rings. The minimum Gasteiger partial charge on any atom is -0.392 e. The molecule has 0 radical (unpaired) electrons. The van der Waals surface area contributed by atoms with E-state index in [0.717, 1.165) is 16.7 Å². The number of benzene rings is 3. The van der Waals surface area contributed by atoms with E-state index in [-0.39, 0.29) is 17.9 Å². The monoisotopic (exact) mass is 439 g/mol. The molecule has 0 saturated carbocycles. The highest BCUT2D eigenvalue weighted by Crippen LogP contribution is 2.15. The van der Waals surface area contributed by atoms with E-state index in [9.17, 15) is 13.5 Å². The van der Waals surface area contributed by atoms with Gasteiger partial charge in [0.05, 0.1) is 17.6 Å². The van der Waals surface area contributed by atoms with Crippen molar-refractivity contribution in [2.24, 2.45) is 0 Å². The molecule has 1 N–H and O–H groups in total. The number of nitrogens with zero attached hydrogens (tertiary/aromatic N) is 1. The first-order valence-electron chi connectivity index (χ1n) is 10.4. The largest absolute Gasteiger partial charge is 0.392 e. The minimum absolute atomic E-state index is 0.0676. The van der Waals surface area contributed by atoms with Gasteiger partial charge in [0.2, 0.25) is 0 Å². The summed E-state index contributed by atoms with van der Waals surface area (Å²) in [5.41, 5.74) is 3.29. The molecule has 5 nitrogen and oxygen atoms in total. The van der Waals surface area contributed by atoms with E-state index >= 15 is 0 Å². The predicted molar refractivity (Wildman–Crippen MR) is 122 cm³/mol. The van der Waals surface area contributed by atoms with Crippen molar-refractivity contribution < 1.29 is 17.7 Å². The van der Waals surface area contributed by atoms with Crippen LogP contribution in [0.1, 0.15) is 23.1 Å². The summed E-state index contributed by atoms with van der Waals surface area (Å²) in [5, 5.41) is 10.6. The quantitative estimate of drug-likeness (QED) is 0.455. The summed E-state index contributed by atoms with van der Waals surface area (Å²) in [6, 6.07) is 26.7. The maximum atomic E-state index is 12.3. The Morgan fingerprint density at radius 2 is 1.35 bits per heavy atom. The van der Waals surface area contributed by atoms with Crippen LogP contribution in [-0.2, 0) is 27.4 Å². The van der Waals surface area contributed by atoms with Crippen molar-refractivity contribution in [3.63, 3.8) is 0 Å². The fourth-order valence-electron chi connectivity index (χ4n) is 3.32. The molecule has 3 rings (SSSR count). The van der Waals surface area contributed by atoms with Crippen LogP contribution in [0.2, 0.25) is 0 Å². The first-order valence-corrected chi connectivity index (χ1v) is 11.8. The summed E-state index contributed by atoms with van der Waals surface area (Å²) in [6.45, 7) is 3.62. The zero-order valence-electron chi connectivity index (χ0n) is 17.7. The predicted octanol–water partition coefficient (Wildman–Crippen LogP) is 4.15. The van der Waals surface area contributed by atoms with Crippen molar-refractivity contribution in [1.82, 2.24) is 4.90 Å². The second-order valence-corrected chi connectivity index (χ2v) is 9.29. The topological polar surface area (TPSA) is 66.8 Å². The molecule has 0 bridgehead atoms. The maximum absolute atomic E-state index is 12.3. The van der Waals surface area contributed by atoms with E-state index in [1.807, 2.05) is 43.3 Å². The molecule has 0 aliphatic carbocycles. The fourth-order valence-corrected chi connectivity index (χ4v) is 4.25. The van der Waals surface area contributed by atoms with Gasteiger partial charge in [-0.05, 0) is 36.6 Å². The van der Waals surface area contributed by atoms with Crippen LogP contribution < -0.4 is 0 Å². The third-order valence-corrected chi connectivity index (χ3v) is 6.29. The van der Waals surface area contributed by atoms with Crippen molar-refractivity contribution in [1.29, 1.82) is 0 Å². The highest BCUT2D eigenvalue weighted by Gasteiger charge is 2.17. The van der Waals surface area contributed by atoms with Gasteiger partial charge in [0.1, 0.15) is 0 Å². The van der Waals surface area contributed by atoms with Gasteiger partial charge in [0.15, 0.2) is 0 Å². The second kappa shape index (κ2) is 11.2. The van der Waals surface area contributed by atoms with Crippen molar-refractivity contribution >= 4 is 10.1 Å². The van der Waals surface area contributed by atoms with E-state index in [4.69, 9.17) is 4.18 Å². The van der Waals surface area contributed by atoms with Crippen LogP contribution in [0.15, 0.2) is 89.8 Å². The Kier molecular flexibility index (Phi) is 8.37. The second-order valence-electron chi connectivity index (χ2n) is 7.67. The van der Waals surface area contributed by atoms with Gasteiger partial charge in [-0.1, -0.05) is 78.4 Å². The van der Waals surface area contributed by atoms with Crippen LogP contribution in [0.3, 0.4) is 0 Å². The zero-order valence-corrected chi connectivity index (χ0v) is 18.5. The molecule has 0 heterocycles. The van der Waals surface area contributed by atoms with Crippen LogP contribution in [0.25, 0.3) is 0 Å². The zero-order chi connectivity index (χ0) is 22.1. The Bertz CT molecular complexity index is 981. The summed E-state index contributed by atoms with van der Waals surface area (Å²) < 4.78 is 29.8. The molecule has 0 aliphatic heterocycles. The first-order chi connectivity index (χ1) is 14.9. The van der Waals surface area contributed by atoms with E-state index in [1.54, 1.807) is 12.1 Å². The number of rotatable bonds is 11. The van der Waals surface area contributed by atoms with Crippen molar-refractivity contribution in [2.45, 2.75) is 37.4 Å². The number of aliphatic hydroxyl groups excluding tert-OH is 1. The van der Waals surface area contributed by atoms with Crippen LogP contribution >= 0.6 is 0 Å². The molecule has 0 aliphatic rings. The van der Waals surface area contributed by atoms with Crippen LogP contribution in [0.5, 0.6) is 0 Å². The lowest BCUT2D eigenvalue weighted by Crippen LogP contribution is -2.32. The number of aliphatic hydroxyl groups is 1. The molecule has 0 aromatic heterocycles. The molecule has 6 heteroatoms. The van der Waals surface area contributed by atoms with Gasteiger partial charge < -0.3 is 5.11 Å². The molecular weight excluding hydrogens is 410 g/mol. The summed E-state index contributed by atoms with van der Waals surface area (Å²) in [6.07, 6.45) is -0.480. The third kappa shape index (κ3) is 7.60. The standard InChI is InChI=1S/C25H29NO4S/c1-21-12-14-25(15-13-21)31(28,29)30-17-16-24(27)20-26(18-22-8-4-2-5-9-22)19-23-10-6-3-7-11-23/h2-15,24,27H,16-20H2,1H3/t24-/m1/s1. The lowest BCUT2D eigenvalue weighted by atomic mass is 10.1. The molecule has 164 valence electrons. The van der Waals surface area contributed by atoms with Gasteiger partial charge in [-0.2, -0.15) is 8.42 Å². The lowest BCUT2D eigenvalue weighted by molar-refractivity contribution is 0.0856. The van der Waals surface area contributed by atoms with E-state index in [2.05, 4.69) is 29.2 Å². The summed E-state index contributed by atoms with van der Waals surface area (Å²) in [7, 11) is -3.82. The fraction of sp³-hybridized carbons (Fsp3) is 0.280. The average molecular weight is 440 g/mol. The Hall–Kier alpha value is -2.51. The molecule has 0 unspecified atom stereocenters. The number of hydrogen-bond donors (Lipinski definition) is 1. The smallest absolute Gasteiger partial charge is 0.296 e. The van der Waals surface area contributed by atoms with Gasteiger partial charge in [0, 0.05) is 19.6 Å². The molecule has 3 aromatic carbocycles. The minimum atomic E-state index is -3.82. The van der Waals surface area contributed by atoms with Gasteiger partial charge in [-0.3, -0.25) is 9.08 Å². The van der Waals surface area contributed by atoms with Crippen molar-refractivity contribution in [3.8, 4) is 0 Å². The van der Waals surface area contributed by atoms with Gasteiger partial charge in [-0.25, -0.2) is 0 Å². The summed E-state index contributed by atoms with van der Waals surface area (Å²) >= 11 is 0. The lowest BCUT2D eigenvalue weighted by Gasteiger charge is -2.25. The van der Waals surface area contributed by atoms with E-state index < -0.39 is 16.2 Å². The molecule has 0 spiro atoms. The Balaban J connectivity index is 1.56. The molecule has 0 saturated heterocycles. The number of hydrogen-bond acceptors (Lipinski definition) is 5. The maximum Gasteiger partial charge on any atom is 0.296 e. The average Bonchev–Trinajstić information content (AvgIpc) is 2.75. The van der Waals surface area contributed by atoms with Crippen LogP contribution in [0, 0.1) is 6.92 Å².